The molecule has 1 atom stereocenters. The molecule has 0 aliphatic carbocycles. The maximum Gasteiger partial charge on any atom is 0.272 e. The molecule has 4 aromatic rings. The quantitative estimate of drug-likeness (QED) is 0.0719. The average molecular weight is 636 g/mol. The fourth-order valence-corrected chi connectivity index (χ4v) is 4.92. The highest BCUT2D eigenvalue weighted by Crippen LogP contribution is 2.31. The number of hydrogen-bond donors (Lipinski definition) is 3. The van der Waals surface area contributed by atoms with Crippen LogP contribution in [0.25, 0.3) is 6.08 Å². The van der Waals surface area contributed by atoms with Crippen LogP contribution in [0, 0.1) is 10.1 Å². The fourth-order valence-electron chi connectivity index (χ4n) is 3.71. The van der Waals surface area contributed by atoms with Crippen LogP contribution in [0.3, 0.4) is 0 Å². The van der Waals surface area contributed by atoms with Gasteiger partial charge in [-0.05, 0) is 79.2 Å². The molecule has 3 N–H and O–H groups in total. The van der Waals surface area contributed by atoms with Gasteiger partial charge in [-0.3, -0.25) is 24.5 Å². The topological polar surface area (TPSA) is 130 Å². The summed E-state index contributed by atoms with van der Waals surface area (Å²) in [4.78, 5) is 50.0. The van der Waals surface area contributed by atoms with Crippen molar-refractivity contribution in [3.8, 4) is 0 Å². The molecule has 0 heterocycles. The van der Waals surface area contributed by atoms with E-state index in [4.69, 9.17) is 23.2 Å². The zero-order valence-electron chi connectivity index (χ0n) is 22.5. The molecule has 0 bridgehead atoms. The van der Waals surface area contributed by atoms with E-state index in [2.05, 4.69) is 16.0 Å². The molecule has 0 saturated carbocycles. The standard InChI is InChI=1S/C31H24Cl2N4O5S/c1-19(29(38)35-26-9-5-8-25(32)28(26)33)43-24-16-12-22(13-17-24)34-31(40)27(36-30(39)21-6-3-2-4-7-21)18-20-10-14-23(15-11-20)37(41)42/h2-19H,1H3,(H,34,40)(H,35,38)(H,36,39)/b27-18-. The number of nitro benzene ring substituents is 1. The molecule has 0 aliphatic heterocycles. The summed E-state index contributed by atoms with van der Waals surface area (Å²) in [6.07, 6.45) is 1.43. The number of nitrogens with zero attached hydrogens (tertiary/aromatic N) is 1. The molecule has 1 unspecified atom stereocenters. The van der Waals surface area contributed by atoms with E-state index in [1.54, 1.807) is 79.7 Å². The van der Waals surface area contributed by atoms with E-state index in [9.17, 15) is 24.5 Å². The number of amides is 3. The van der Waals surface area contributed by atoms with Gasteiger partial charge in [-0.2, -0.15) is 0 Å². The van der Waals surface area contributed by atoms with Gasteiger partial charge in [-0.1, -0.05) is 47.5 Å². The number of benzene rings is 4. The number of non-ortho nitro benzene ring substituents is 1. The molecule has 3 amide bonds. The smallest absolute Gasteiger partial charge is 0.272 e. The van der Waals surface area contributed by atoms with Crippen LogP contribution in [0.2, 0.25) is 10.0 Å². The first kappa shape index (κ1) is 31.3. The molecule has 0 spiro atoms. The SMILES string of the molecule is CC(Sc1ccc(NC(=O)/C(=C/c2ccc([N+](=O)[O-])cc2)NC(=O)c2ccccc2)cc1)C(=O)Nc1cccc(Cl)c1Cl. The first-order chi connectivity index (χ1) is 20.6. The van der Waals surface area contributed by atoms with Crippen molar-refractivity contribution >= 4 is 75.8 Å². The van der Waals surface area contributed by atoms with Gasteiger partial charge in [0.05, 0.1) is 25.9 Å². The molecule has 9 nitrogen and oxygen atoms in total. The number of anilines is 2. The van der Waals surface area contributed by atoms with Crippen LogP contribution in [-0.2, 0) is 9.59 Å². The highest BCUT2D eigenvalue weighted by molar-refractivity contribution is 8.00. The van der Waals surface area contributed by atoms with Gasteiger partial charge >= 0.3 is 0 Å². The van der Waals surface area contributed by atoms with Gasteiger partial charge in [0.25, 0.3) is 17.5 Å². The molecule has 0 aliphatic rings. The molecule has 4 aromatic carbocycles. The number of carbonyl (C=O) groups is 3. The third kappa shape index (κ3) is 8.68. The van der Waals surface area contributed by atoms with Gasteiger partial charge in [0.1, 0.15) is 5.70 Å². The van der Waals surface area contributed by atoms with E-state index >= 15 is 0 Å². The second-order valence-electron chi connectivity index (χ2n) is 9.06. The lowest BCUT2D eigenvalue weighted by molar-refractivity contribution is -0.384. The monoisotopic (exact) mass is 634 g/mol. The van der Waals surface area contributed by atoms with Crippen molar-refractivity contribution in [2.75, 3.05) is 10.6 Å². The van der Waals surface area contributed by atoms with Gasteiger partial charge < -0.3 is 16.0 Å². The highest BCUT2D eigenvalue weighted by atomic mass is 35.5. The van der Waals surface area contributed by atoms with Crippen LogP contribution in [0.1, 0.15) is 22.8 Å². The van der Waals surface area contributed by atoms with Crippen molar-refractivity contribution in [1.29, 1.82) is 0 Å². The number of hydrogen-bond acceptors (Lipinski definition) is 6. The third-order valence-corrected chi connectivity index (χ3v) is 7.88. The van der Waals surface area contributed by atoms with E-state index in [1.807, 2.05) is 0 Å². The second kappa shape index (κ2) is 14.5. The Morgan fingerprint density at radius 3 is 2.19 bits per heavy atom. The number of nitro groups is 1. The average Bonchev–Trinajstić information content (AvgIpc) is 3.00. The molecule has 218 valence electrons. The summed E-state index contributed by atoms with van der Waals surface area (Å²) in [5.74, 6) is -1.36. The van der Waals surface area contributed by atoms with Crippen LogP contribution >= 0.6 is 35.0 Å². The van der Waals surface area contributed by atoms with Crippen LogP contribution < -0.4 is 16.0 Å². The summed E-state index contributed by atoms with van der Waals surface area (Å²) >= 11 is 13.5. The Labute approximate surface area is 261 Å². The Morgan fingerprint density at radius 2 is 1.53 bits per heavy atom. The minimum Gasteiger partial charge on any atom is -0.324 e. The zero-order valence-corrected chi connectivity index (χ0v) is 24.9. The molecule has 0 aromatic heterocycles. The molecule has 12 heteroatoms. The lowest BCUT2D eigenvalue weighted by Crippen LogP contribution is -2.30. The molecular formula is C31H24Cl2N4O5S. The van der Waals surface area contributed by atoms with E-state index in [1.165, 1.54) is 42.1 Å². The Morgan fingerprint density at radius 1 is 0.860 bits per heavy atom. The predicted molar refractivity (Wildman–Crippen MR) is 170 cm³/mol. The summed E-state index contributed by atoms with van der Waals surface area (Å²) in [5, 5.41) is 19.3. The predicted octanol–water partition coefficient (Wildman–Crippen LogP) is 7.43. The Hall–Kier alpha value is -4.64. The van der Waals surface area contributed by atoms with Gasteiger partial charge in [-0.25, -0.2) is 0 Å². The molecule has 0 fully saturated rings. The van der Waals surface area contributed by atoms with Crippen molar-refractivity contribution in [3.63, 3.8) is 0 Å². The lowest BCUT2D eigenvalue weighted by Gasteiger charge is -2.14. The van der Waals surface area contributed by atoms with Crippen molar-refractivity contribution in [2.24, 2.45) is 0 Å². The number of halogens is 2. The minimum absolute atomic E-state index is 0.0638. The van der Waals surface area contributed by atoms with E-state index in [0.717, 1.165) is 4.90 Å². The van der Waals surface area contributed by atoms with Gasteiger partial charge in [-0.15, -0.1) is 11.8 Å². The van der Waals surface area contributed by atoms with Gasteiger partial charge in [0, 0.05) is 28.3 Å². The first-order valence-corrected chi connectivity index (χ1v) is 14.4. The third-order valence-electron chi connectivity index (χ3n) is 5.95. The maximum atomic E-state index is 13.3. The highest BCUT2D eigenvalue weighted by Gasteiger charge is 2.18. The van der Waals surface area contributed by atoms with Gasteiger partial charge in [0.15, 0.2) is 0 Å². The summed E-state index contributed by atoms with van der Waals surface area (Å²) in [6, 6.07) is 25.8. The summed E-state index contributed by atoms with van der Waals surface area (Å²) < 4.78 is 0. The largest absolute Gasteiger partial charge is 0.324 e. The normalized spacial score (nSPS) is 11.7. The summed E-state index contributed by atoms with van der Waals surface area (Å²) in [7, 11) is 0. The number of nitrogens with one attached hydrogen (secondary N) is 3. The van der Waals surface area contributed by atoms with E-state index in [-0.39, 0.29) is 22.3 Å². The summed E-state index contributed by atoms with van der Waals surface area (Å²) in [6.45, 7) is 1.75. The van der Waals surface area contributed by atoms with Crippen molar-refractivity contribution in [3.05, 3.63) is 134 Å². The molecular weight excluding hydrogens is 611 g/mol. The Balaban J connectivity index is 1.45. The number of rotatable bonds is 10. The zero-order chi connectivity index (χ0) is 30.9. The van der Waals surface area contributed by atoms with E-state index in [0.29, 0.717) is 27.5 Å². The second-order valence-corrected chi connectivity index (χ2v) is 11.3. The van der Waals surface area contributed by atoms with Crippen LogP contribution in [0.15, 0.2) is 108 Å². The number of carbonyl (C=O) groups excluding carboxylic acids is 3. The maximum absolute atomic E-state index is 13.3. The van der Waals surface area contributed by atoms with Crippen molar-refractivity contribution < 1.29 is 19.3 Å². The van der Waals surface area contributed by atoms with Crippen molar-refractivity contribution in [2.45, 2.75) is 17.1 Å². The summed E-state index contributed by atoms with van der Waals surface area (Å²) in [5.41, 5.74) is 1.52. The Kier molecular flexibility index (Phi) is 10.6. The lowest BCUT2D eigenvalue weighted by atomic mass is 10.1. The fraction of sp³-hybridized carbons (Fsp3) is 0.0645. The van der Waals surface area contributed by atoms with Crippen molar-refractivity contribution in [1.82, 2.24) is 5.32 Å². The molecule has 0 radical (unpaired) electrons. The van der Waals surface area contributed by atoms with Crippen LogP contribution in [0.4, 0.5) is 17.1 Å². The number of thioether (sulfide) groups is 1. The van der Waals surface area contributed by atoms with Gasteiger partial charge in [0.2, 0.25) is 5.91 Å². The minimum atomic E-state index is -0.603. The van der Waals surface area contributed by atoms with Crippen LogP contribution in [0.5, 0.6) is 0 Å². The molecule has 4 rings (SSSR count). The van der Waals surface area contributed by atoms with Crippen LogP contribution in [-0.4, -0.2) is 27.9 Å². The molecule has 0 saturated heterocycles. The Bertz CT molecular complexity index is 1680. The van der Waals surface area contributed by atoms with E-state index < -0.39 is 22.0 Å². The first-order valence-electron chi connectivity index (χ1n) is 12.8. The molecule has 43 heavy (non-hydrogen) atoms.